The van der Waals surface area contributed by atoms with Gasteiger partial charge in [-0.15, -0.1) is 0 Å². The van der Waals surface area contributed by atoms with E-state index in [4.69, 9.17) is 5.11 Å². The van der Waals surface area contributed by atoms with Crippen LogP contribution < -0.4 is 5.32 Å². The number of carbonyl (C=O) groups excluding carboxylic acids is 1. The summed E-state index contributed by atoms with van der Waals surface area (Å²) in [6, 6.07) is 2.81. The molecule has 5 heteroatoms. The lowest BCUT2D eigenvalue weighted by atomic mass is 10.2. The number of pyridine rings is 1. The molecular weight excluding hydrogens is 232 g/mol. The van der Waals surface area contributed by atoms with E-state index in [2.05, 4.69) is 10.3 Å². The van der Waals surface area contributed by atoms with Crippen LogP contribution in [0.3, 0.4) is 0 Å². The Morgan fingerprint density at radius 1 is 1.39 bits per heavy atom. The molecule has 0 unspecified atom stereocenters. The minimum atomic E-state index is -1.09. The number of hydrogen-bond acceptors (Lipinski definition) is 3. The molecule has 1 aromatic heterocycles. The Morgan fingerprint density at radius 3 is 2.72 bits per heavy atom. The zero-order valence-corrected chi connectivity index (χ0v) is 10.1. The summed E-state index contributed by atoms with van der Waals surface area (Å²) in [6.45, 7) is 0.663. The van der Waals surface area contributed by atoms with Crippen molar-refractivity contribution >= 4 is 11.9 Å². The van der Waals surface area contributed by atoms with E-state index in [9.17, 15) is 9.59 Å². The van der Waals surface area contributed by atoms with Gasteiger partial charge in [-0.1, -0.05) is 12.8 Å². The topological polar surface area (TPSA) is 79.3 Å². The van der Waals surface area contributed by atoms with Crippen LogP contribution in [-0.4, -0.2) is 28.5 Å². The monoisotopic (exact) mass is 248 g/mol. The summed E-state index contributed by atoms with van der Waals surface area (Å²) in [4.78, 5) is 26.0. The van der Waals surface area contributed by atoms with Gasteiger partial charge in [-0.25, -0.2) is 9.78 Å². The predicted octanol–water partition coefficient (Wildman–Crippen LogP) is 1.70. The molecule has 1 aliphatic carbocycles. The van der Waals surface area contributed by atoms with Gasteiger partial charge in [0.05, 0.1) is 5.56 Å². The Kier molecular flexibility index (Phi) is 3.92. The van der Waals surface area contributed by atoms with Crippen molar-refractivity contribution in [3.8, 4) is 0 Å². The minimum absolute atomic E-state index is 0.0553. The number of carbonyl (C=O) groups is 2. The number of amides is 1. The van der Waals surface area contributed by atoms with Crippen LogP contribution in [0.1, 0.15) is 46.5 Å². The minimum Gasteiger partial charge on any atom is -0.477 e. The first-order chi connectivity index (χ1) is 8.66. The van der Waals surface area contributed by atoms with Crippen molar-refractivity contribution in [3.63, 3.8) is 0 Å². The van der Waals surface area contributed by atoms with Gasteiger partial charge in [0.25, 0.3) is 5.91 Å². The smallest absolute Gasteiger partial charge is 0.354 e. The van der Waals surface area contributed by atoms with Crippen molar-refractivity contribution in [2.75, 3.05) is 6.54 Å². The molecular formula is C13H16N2O3. The van der Waals surface area contributed by atoms with Crippen LogP contribution in [-0.2, 0) is 0 Å². The van der Waals surface area contributed by atoms with Gasteiger partial charge in [0.2, 0.25) is 0 Å². The summed E-state index contributed by atoms with van der Waals surface area (Å²) in [5.41, 5.74) is 0.340. The summed E-state index contributed by atoms with van der Waals surface area (Å²) in [5, 5.41) is 11.5. The zero-order chi connectivity index (χ0) is 13.0. The first-order valence-corrected chi connectivity index (χ1v) is 6.14. The third kappa shape index (κ3) is 3.55. The Balaban J connectivity index is 1.78. The number of aromatic carboxylic acids is 1. The Bertz CT molecular complexity index is 438. The van der Waals surface area contributed by atoms with Crippen molar-refractivity contribution in [2.24, 2.45) is 5.92 Å². The standard InChI is InChI=1S/C13H16N2O3/c16-12(14-7-1-2-9-3-4-9)10-5-6-11(13(17)18)15-8-10/h5-6,8-9H,1-4,7H2,(H,14,16)(H,17,18). The van der Waals surface area contributed by atoms with Gasteiger partial charge in [0, 0.05) is 12.7 Å². The molecule has 2 rings (SSSR count). The molecule has 5 nitrogen and oxygen atoms in total. The molecule has 0 aromatic carbocycles. The number of aromatic nitrogens is 1. The average molecular weight is 248 g/mol. The van der Waals surface area contributed by atoms with E-state index in [0.717, 1.165) is 12.3 Å². The number of hydrogen-bond donors (Lipinski definition) is 2. The number of carboxylic acids is 1. The van der Waals surface area contributed by atoms with E-state index in [1.54, 1.807) is 0 Å². The summed E-state index contributed by atoms with van der Waals surface area (Å²) in [5.74, 6) is -0.417. The Hall–Kier alpha value is -1.91. The fourth-order valence-electron chi connectivity index (χ4n) is 1.76. The third-order valence-electron chi connectivity index (χ3n) is 3.02. The van der Waals surface area contributed by atoms with E-state index in [1.807, 2.05) is 0 Å². The van der Waals surface area contributed by atoms with Crippen molar-refractivity contribution < 1.29 is 14.7 Å². The summed E-state index contributed by atoms with van der Waals surface area (Å²) in [7, 11) is 0. The van der Waals surface area contributed by atoms with Gasteiger partial charge in [-0.05, 0) is 30.9 Å². The summed E-state index contributed by atoms with van der Waals surface area (Å²) < 4.78 is 0. The highest BCUT2D eigenvalue weighted by molar-refractivity contribution is 5.94. The van der Waals surface area contributed by atoms with Gasteiger partial charge in [0.1, 0.15) is 5.69 Å². The van der Waals surface area contributed by atoms with Crippen molar-refractivity contribution in [3.05, 3.63) is 29.6 Å². The van der Waals surface area contributed by atoms with Gasteiger partial charge in [0.15, 0.2) is 0 Å². The molecule has 1 heterocycles. The zero-order valence-electron chi connectivity index (χ0n) is 10.1. The quantitative estimate of drug-likeness (QED) is 0.751. The maximum atomic E-state index is 11.7. The summed E-state index contributed by atoms with van der Waals surface area (Å²) in [6.07, 6.45) is 6.12. The molecule has 1 saturated carbocycles. The first kappa shape index (κ1) is 12.5. The van der Waals surface area contributed by atoms with Crippen molar-refractivity contribution in [2.45, 2.75) is 25.7 Å². The molecule has 0 saturated heterocycles. The second kappa shape index (κ2) is 5.62. The van der Waals surface area contributed by atoms with Gasteiger partial charge < -0.3 is 10.4 Å². The molecule has 0 aliphatic heterocycles. The fraction of sp³-hybridized carbons (Fsp3) is 0.462. The maximum absolute atomic E-state index is 11.7. The molecule has 0 spiro atoms. The molecule has 2 N–H and O–H groups in total. The number of nitrogens with zero attached hydrogens (tertiary/aromatic N) is 1. The average Bonchev–Trinajstić information content (AvgIpc) is 3.18. The second-order valence-corrected chi connectivity index (χ2v) is 4.58. The largest absolute Gasteiger partial charge is 0.477 e. The molecule has 0 atom stereocenters. The highest BCUT2D eigenvalue weighted by atomic mass is 16.4. The Morgan fingerprint density at radius 2 is 2.17 bits per heavy atom. The highest BCUT2D eigenvalue weighted by Gasteiger charge is 2.20. The van der Waals surface area contributed by atoms with E-state index >= 15 is 0 Å². The highest BCUT2D eigenvalue weighted by Crippen LogP contribution is 2.33. The van der Waals surface area contributed by atoms with Crippen LogP contribution in [0.15, 0.2) is 18.3 Å². The molecule has 1 aromatic rings. The predicted molar refractivity (Wildman–Crippen MR) is 65.5 cm³/mol. The van der Waals surface area contributed by atoms with Crippen LogP contribution >= 0.6 is 0 Å². The SMILES string of the molecule is O=C(NCCCC1CC1)c1ccc(C(=O)O)nc1. The van der Waals surface area contributed by atoms with Crippen LogP contribution in [0.2, 0.25) is 0 Å². The van der Waals surface area contributed by atoms with E-state index in [-0.39, 0.29) is 11.6 Å². The van der Waals surface area contributed by atoms with Crippen molar-refractivity contribution in [1.82, 2.24) is 10.3 Å². The maximum Gasteiger partial charge on any atom is 0.354 e. The molecule has 1 amide bonds. The lowest BCUT2D eigenvalue weighted by Gasteiger charge is -2.04. The number of carboxylic acid groups (broad SMARTS) is 1. The fourth-order valence-corrected chi connectivity index (χ4v) is 1.76. The van der Waals surface area contributed by atoms with E-state index in [0.29, 0.717) is 12.1 Å². The van der Waals surface area contributed by atoms with Crippen LogP contribution in [0.4, 0.5) is 0 Å². The van der Waals surface area contributed by atoms with E-state index < -0.39 is 5.97 Å². The van der Waals surface area contributed by atoms with Gasteiger partial charge in [-0.2, -0.15) is 0 Å². The molecule has 0 bridgehead atoms. The Labute approximate surface area is 105 Å². The molecule has 1 aliphatic rings. The third-order valence-corrected chi connectivity index (χ3v) is 3.02. The van der Waals surface area contributed by atoms with Gasteiger partial charge in [-0.3, -0.25) is 4.79 Å². The molecule has 1 fully saturated rings. The molecule has 0 radical (unpaired) electrons. The van der Waals surface area contributed by atoms with Crippen LogP contribution in [0, 0.1) is 5.92 Å². The summed E-state index contributed by atoms with van der Waals surface area (Å²) >= 11 is 0. The number of rotatable bonds is 6. The first-order valence-electron chi connectivity index (χ1n) is 6.14. The van der Waals surface area contributed by atoms with Crippen LogP contribution in [0.25, 0.3) is 0 Å². The lowest BCUT2D eigenvalue weighted by Crippen LogP contribution is -2.24. The van der Waals surface area contributed by atoms with E-state index in [1.165, 1.54) is 37.6 Å². The van der Waals surface area contributed by atoms with Gasteiger partial charge >= 0.3 is 5.97 Å². The second-order valence-electron chi connectivity index (χ2n) is 4.58. The lowest BCUT2D eigenvalue weighted by molar-refractivity contribution is 0.0689. The number of nitrogens with one attached hydrogen (secondary N) is 1. The van der Waals surface area contributed by atoms with Crippen molar-refractivity contribution in [1.29, 1.82) is 0 Å². The molecule has 96 valence electrons. The normalized spacial score (nSPS) is 14.2. The molecule has 18 heavy (non-hydrogen) atoms. The van der Waals surface area contributed by atoms with Crippen LogP contribution in [0.5, 0.6) is 0 Å².